The Labute approximate surface area is 89.8 Å². The van der Waals surface area contributed by atoms with Crippen molar-refractivity contribution in [2.75, 3.05) is 20.2 Å². The maximum absolute atomic E-state index is 11.6. The lowest BCUT2D eigenvalue weighted by molar-refractivity contribution is -0.126. The van der Waals surface area contributed by atoms with Crippen molar-refractivity contribution in [1.29, 1.82) is 0 Å². The van der Waals surface area contributed by atoms with Crippen molar-refractivity contribution in [3.63, 3.8) is 0 Å². The molecule has 0 aromatic rings. The number of carbonyl (C=O) groups is 2. The summed E-state index contributed by atoms with van der Waals surface area (Å²) in [6.45, 7) is 2.71. The second-order valence-electron chi connectivity index (χ2n) is 3.52. The van der Waals surface area contributed by atoms with E-state index >= 15 is 0 Å². The molecule has 5 heteroatoms. The monoisotopic (exact) mass is 214 g/mol. The van der Waals surface area contributed by atoms with Crippen LogP contribution in [0.2, 0.25) is 0 Å². The van der Waals surface area contributed by atoms with Crippen LogP contribution in [0.25, 0.3) is 0 Å². The number of hydrogen-bond donors (Lipinski definition) is 1. The van der Waals surface area contributed by atoms with Crippen LogP contribution in [0.15, 0.2) is 0 Å². The second kappa shape index (κ2) is 5.58. The van der Waals surface area contributed by atoms with E-state index in [1.807, 2.05) is 0 Å². The number of rotatable bonds is 2. The molecule has 15 heavy (non-hydrogen) atoms. The molecule has 0 aromatic heterocycles. The van der Waals surface area contributed by atoms with Crippen LogP contribution in [0.3, 0.4) is 0 Å². The molecule has 1 aliphatic rings. The van der Waals surface area contributed by atoms with E-state index in [1.54, 1.807) is 14.0 Å². The Morgan fingerprint density at radius 1 is 1.47 bits per heavy atom. The smallest absolute Gasteiger partial charge is 0.410 e. The molecule has 1 unspecified atom stereocenters. The maximum Gasteiger partial charge on any atom is 0.410 e. The third-order valence-electron chi connectivity index (χ3n) is 2.55. The summed E-state index contributed by atoms with van der Waals surface area (Å²) in [5, 5.41) is 2.57. The summed E-state index contributed by atoms with van der Waals surface area (Å²) in [7, 11) is 1.58. The minimum atomic E-state index is -0.384. The summed E-state index contributed by atoms with van der Waals surface area (Å²) in [5.74, 6) is -0.109. The molecule has 1 saturated heterocycles. The first-order valence-electron chi connectivity index (χ1n) is 5.35. The van der Waals surface area contributed by atoms with Crippen molar-refractivity contribution in [3.05, 3.63) is 0 Å². The van der Waals surface area contributed by atoms with Crippen LogP contribution in [0.4, 0.5) is 4.79 Å². The average molecular weight is 214 g/mol. The van der Waals surface area contributed by atoms with Gasteiger partial charge in [-0.2, -0.15) is 0 Å². The first kappa shape index (κ1) is 11.8. The lowest BCUT2D eigenvalue weighted by Crippen LogP contribution is -2.51. The fourth-order valence-corrected chi connectivity index (χ4v) is 1.80. The van der Waals surface area contributed by atoms with Crippen LogP contribution in [0.1, 0.15) is 26.2 Å². The molecule has 0 aliphatic carbocycles. The Bertz CT molecular complexity index is 243. The van der Waals surface area contributed by atoms with Gasteiger partial charge in [-0.15, -0.1) is 0 Å². The third kappa shape index (κ3) is 2.84. The Balaban J connectivity index is 2.65. The van der Waals surface area contributed by atoms with E-state index in [0.717, 1.165) is 19.3 Å². The summed E-state index contributed by atoms with van der Waals surface area (Å²) in [6.07, 6.45) is 2.25. The third-order valence-corrected chi connectivity index (χ3v) is 2.55. The summed E-state index contributed by atoms with van der Waals surface area (Å²) in [6, 6.07) is -0.359. The second-order valence-corrected chi connectivity index (χ2v) is 3.52. The van der Waals surface area contributed by atoms with Gasteiger partial charge >= 0.3 is 6.09 Å². The minimum Gasteiger partial charge on any atom is -0.450 e. The molecule has 5 nitrogen and oxygen atoms in total. The van der Waals surface area contributed by atoms with Crippen molar-refractivity contribution in [3.8, 4) is 0 Å². The number of amides is 2. The van der Waals surface area contributed by atoms with Crippen LogP contribution >= 0.6 is 0 Å². The van der Waals surface area contributed by atoms with Crippen LogP contribution in [-0.2, 0) is 9.53 Å². The zero-order valence-electron chi connectivity index (χ0n) is 9.28. The van der Waals surface area contributed by atoms with Crippen molar-refractivity contribution in [1.82, 2.24) is 10.2 Å². The maximum atomic E-state index is 11.6. The topological polar surface area (TPSA) is 58.6 Å². The first-order valence-corrected chi connectivity index (χ1v) is 5.35. The molecule has 0 spiro atoms. The Morgan fingerprint density at radius 3 is 2.80 bits per heavy atom. The van der Waals surface area contributed by atoms with E-state index in [9.17, 15) is 9.59 Å². The van der Waals surface area contributed by atoms with Gasteiger partial charge in [-0.05, 0) is 26.2 Å². The zero-order valence-corrected chi connectivity index (χ0v) is 9.28. The zero-order chi connectivity index (χ0) is 11.3. The molecule has 86 valence electrons. The number of hydrogen-bond acceptors (Lipinski definition) is 3. The highest BCUT2D eigenvalue weighted by Crippen LogP contribution is 2.17. The molecule has 1 heterocycles. The number of carbonyl (C=O) groups excluding carboxylic acids is 2. The van der Waals surface area contributed by atoms with Gasteiger partial charge in [-0.1, -0.05) is 0 Å². The molecule has 1 rings (SSSR count). The Hall–Kier alpha value is -1.26. The van der Waals surface area contributed by atoms with Crippen LogP contribution in [0, 0.1) is 0 Å². The highest BCUT2D eigenvalue weighted by molar-refractivity contribution is 5.85. The number of likely N-dealkylation sites (tertiary alicyclic amines) is 1. The standard InChI is InChI=1S/C10H18N2O3/c1-3-15-10(14)12-7-5-4-6-8(12)9(13)11-2/h8H,3-7H2,1-2H3,(H,11,13). The fraction of sp³-hybridized carbons (Fsp3) is 0.800. The van der Waals surface area contributed by atoms with Gasteiger partial charge in [-0.25, -0.2) is 4.79 Å². The molecule has 0 bridgehead atoms. The molecule has 1 N–H and O–H groups in total. The predicted octanol–water partition coefficient (Wildman–Crippen LogP) is 0.743. The van der Waals surface area contributed by atoms with Gasteiger partial charge in [0.05, 0.1) is 6.61 Å². The van der Waals surface area contributed by atoms with Crippen molar-refractivity contribution in [2.45, 2.75) is 32.2 Å². The summed E-state index contributed by atoms with van der Waals surface area (Å²) in [4.78, 5) is 24.6. The quantitative estimate of drug-likeness (QED) is 0.737. The van der Waals surface area contributed by atoms with Crippen molar-refractivity contribution >= 4 is 12.0 Å². The van der Waals surface area contributed by atoms with Gasteiger partial charge in [0.2, 0.25) is 5.91 Å². The number of nitrogens with zero attached hydrogens (tertiary/aromatic N) is 1. The number of nitrogens with one attached hydrogen (secondary N) is 1. The largest absolute Gasteiger partial charge is 0.450 e. The van der Waals surface area contributed by atoms with E-state index in [-0.39, 0.29) is 18.0 Å². The van der Waals surface area contributed by atoms with Gasteiger partial charge in [-0.3, -0.25) is 9.69 Å². The molecule has 0 radical (unpaired) electrons. The first-order chi connectivity index (χ1) is 7.20. The highest BCUT2D eigenvalue weighted by Gasteiger charge is 2.32. The van der Waals surface area contributed by atoms with E-state index in [2.05, 4.69) is 5.32 Å². The van der Waals surface area contributed by atoms with Crippen molar-refractivity contribution in [2.24, 2.45) is 0 Å². The Morgan fingerprint density at radius 2 is 2.20 bits per heavy atom. The predicted molar refractivity (Wildman–Crippen MR) is 55.4 cm³/mol. The van der Waals surface area contributed by atoms with Crippen LogP contribution < -0.4 is 5.32 Å². The van der Waals surface area contributed by atoms with E-state index in [0.29, 0.717) is 13.2 Å². The van der Waals surface area contributed by atoms with Gasteiger partial charge < -0.3 is 10.1 Å². The van der Waals surface area contributed by atoms with Gasteiger partial charge in [0.15, 0.2) is 0 Å². The highest BCUT2D eigenvalue weighted by atomic mass is 16.6. The summed E-state index contributed by atoms with van der Waals surface area (Å²) < 4.78 is 4.91. The number of piperidine rings is 1. The van der Waals surface area contributed by atoms with Gasteiger partial charge in [0, 0.05) is 13.6 Å². The average Bonchev–Trinajstić information content (AvgIpc) is 2.28. The normalized spacial score (nSPS) is 20.9. The fourth-order valence-electron chi connectivity index (χ4n) is 1.80. The molecular weight excluding hydrogens is 196 g/mol. The molecule has 1 fully saturated rings. The lowest BCUT2D eigenvalue weighted by Gasteiger charge is -2.33. The van der Waals surface area contributed by atoms with E-state index in [4.69, 9.17) is 4.74 Å². The molecule has 1 atom stereocenters. The van der Waals surface area contributed by atoms with Crippen LogP contribution in [0.5, 0.6) is 0 Å². The summed E-state index contributed by atoms with van der Waals surface area (Å²) in [5.41, 5.74) is 0. The van der Waals surface area contributed by atoms with Gasteiger partial charge in [0.25, 0.3) is 0 Å². The van der Waals surface area contributed by atoms with Crippen LogP contribution in [-0.4, -0.2) is 43.1 Å². The lowest BCUT2D eigenvalue weighted by atomic mass is 10.0. The molecule has 1 aliphatic heterocycles. The van der Waals surface area contributed by atoms with E-state index in [1.165, 1.54) is 4.90 Å². The van der Waals surface area contributed by atoms with Gasteiger partial charge in [0.1, 0.15) is 6.04 Å². The SMILES string of the molecule is CCOC(=O)N1CCCCC1C(=O)NC. The molecule has 0 aromatic carbocycles. The van der Waals surface area contributed by atoms with Crippen molar-refractivity contribution < 1.29 is 14.3 Å². The van der Waals surface area contributed by atoms with E-state index < -0.39 is 0 Å². The summed E-state index contributed by atoms with van der Waals surface area (Å²) >= 11 is 0. The Kier molecular flexibility index (Phi) is 4.39. The molecular formula is C10H18N2O3. The number of ether oxygens (including phenoxy) is 1. The molecule has 2 amide bonds. The molecule has 0 saturated carbocycles. The number of likely N-dealkylation sites (N-methyl/N-ethyl adjacent to an activating group) is 1. The minimum absolute atomic E-state index is 0.109.